The van der Waals surface area contributed by atoms with E-state index in [1.165, 1.54) is 18.2 Å². The minimum atomic E-state index is -4.69. The number of amides is 1. The molecule has 1 heterocycles. The minimum absolute atomic E-state index is 0.0635. The smallest absolute Gasteiger partial charge is 0.410 e. The van der Waals surface area contributed by atoms with E-state index in [-0.39, 0.29) is 28.6 Å². The molecular formula is C20H14F3N3O6S. The molecule has 0 fully saturated rings. The number of halogens is 3. The molecule has 3 aromatic rings. The average molecular weight is 481 g/mol. The first-order valence-electron chi connectivity index (χ1n) is 9.04. The molecule has 1 N–H and O–H groups in total. The van der Waals surface area contributed by atoms with Crippen LogP contribution in [0.25, 0.3) is 0 Å². The molecule has 172 valence electrons. The van der Waals surface area contributed by atoms with Crippen molar-refractivity contribution in [3.05, 3.63) is 88.2 Å². The zero-order chi connectivity index (χ0) is 24.2. The summed E-state index contributed by atoms with van der Waals surface area (Å²) >= 11 is 0. The summed E-state index contributed by atoms with van der Waals surface area (Å²) in [6, 6.07) is 10.6. The molecule has 0 spiro atoms. The van der Waals surface area contributed by atoms with Gasteiger partial charge in [0, 0.05) is 18.3 Å². The van der Waals surface area contributed by atoms with Crippen LogP contribution in [-0.2, 0) is 22.6 Å². The molecule has 0 aliphatic carbocycles. The van der Waals surface area contributed by atoms with Gasteiger partial charge in [-0.25, -0.2) is 13.2 Å². The van der Waals surface area contributed by atoms with Crippen molar-refractivity contribution in [2.24, 2.45) is 0 Å². The van der Waals surface area contributed by atoms with E-state index in [0.717, 1.165) is 42.6 Å². The summed E-state index contributed by atoms with van der Waals surface area (Å²) in [5, 5.41) is 13.0. The van der Waals surface area contributed by atoms with Crippen molar-refractivity contribution in [1.29, 1.82) is 0 Å². The lowest BCUT2D eigenvalue weighted by Gasteiger charge is -2.10. The molecule has 0 atom stereocenters. The maximum atomic E-state index is 12.9. The van der Waals surface area contributed by atoms with Crippen LogP contribution in [0.1, 0.15) is 11.3 Å². The van der Waals surface area contributed by atoms with Gasteiger partial charge in [0.15, 0.2) is 0 Å². The Balaban J connectivity index is 1.64. The van der Waals surface area contributed by atoms with Crippen LogP contribution in [-0.4, -0.2) is 24.4 Å². The zero-order valence-electron chi connectivity index (χ0n) is 16.4. The zero-order valence-corrected chi connectivity index (χ0v) is 17.3. The summed E-state index contributed by atoms with van der Waals surface area (Å²) in [7, 11) is -4.24. The van der Waals surface area contributed by atoms with Gasteiger partial charge in [0.2, 0.25) is 9.84 Å². The molecule has 0 radical (unpaired) electrons. The predicted octanol–water partition coefficient (Wildman–Crippen LogP) is 4.13. The molecule has 0 aliphatic heterocycles. The summed E-state index contributed by atoms with van der Waals surface area (Å²) < 4.78 is 68.8. The second-order valence-corrected chi connectivity index (χ2v) is 8.46. The van der Waals surface area contributed by atoms with Gasteiger partial charge in [0.1, 0.15) is 5.75 Å². The molecule has 0 aliphatic rings. The molecule has 0 saturated carbocycles. The summed E-state index contributed by atoms with van der Waals surface area (Å²) in [6.07, 6.45) is -4.61. The summed E-state index contributed by atoms with van der Waals surface area (Å²) in [5.74, 6) is 0.0635. The van der Waals surface area contributed by atoms with Gasteiger partial charge in [-0.3, -0.25) is 15.1 Å². The Hall–Kier alpha value is -4.00. The monoisotopic (exact) mass is 481 g/mol. The van der Waals surface area contributed by atoms with Crippen LogP contribution < -0.4 is 10.1 Å². The van der Waals surface area contributed by atoms with Gasteiger partial charge < -0.3 is 10.1 Å². The van der Waals surface area contributed by atoms with Gasteiger partial charge in [-0.2, -0.15) is 13.2 Å². The van der Waals surface area contributed by atoms with Crippen LogP contribution >= 0.6 is 0 Å². The number of carbonyl (C=O) groups is 1. The van der Waals surface area contributed by atoms with Crippen LogP contribution in [0.5, 0.6) is 5.75 Å². The highest BCUT2D eigenvalue weighted by atomic mass is 32.2. The Kier molecular flexibility index (Phi) is 6.62. The number of hydrogen-bond acceptors (Lipinski definition) is 7. The third kappa shape index (κ3) is 5.83. The number of aromatic nitrogens is 1. The first-order valence-corrected chi connectivity index (χ1v) is 10.5. The predicted molar refractivity (Wildman–Crippen MR) is 107 cm³/mol. The van der Waals surface area contributed by atoms with E-state index in [0.29, 0.717) is 6.07 Å². The van der Waals surface area contributed by atoms with Crippen molar-refractivity contribution >= 4 is 21.6 Å². The summed E-state index contributed by atoms with van der Waals surface area (Å²) in [5.41, 5.74) is -1.02. The number of pyridine rings is 1. The summed E-state index contributed by atoms with van der Waals surface area (Å²) in [6.45, 7) is -0.143. The first-order chi connectivity index (χ1) is 15.5. The van der Waals surface area contributed by atoms with E-state index < -0.39 is 37.5 Å². The fourth-order valence-electron chi connectivity index (χ4n) is 2.59. The Labute approximate surface area is 184 Å². The van der Waals surface area contributed by atoms with Gasteiger partial charge in [0.25, 0.3) is 5.69 Å². The highest BCUT2D eigenvalue weighted by Gasteiger charge is 2.32. The van der Waals surface area contributed by atoms with Gasteiger partial charge in [0.05, 0.1) is 32.5 Å². The number of nitro groups is 1. The number of ether oxygens (including phenoxy) is 1. The molecule has 2 aromatic carbocycles. The van der Waals surface area contributed by atoms with E-state index in [1.807, 2.05) is 0 Å². The van der Waals surface area contributed by atoms with Crippen LogP contribution in [0.15, 0.2) is 76.7 Å². The van der Waals surface area contributed by atoms with E-state index >= 15 is 0 Å². The van der Waals surface area contributed by atoms with Crippen LogP contribution in [0.3, 0.4) is 0 Å². The number of nitro benzene ring substituents is 1. The quantitative estimate of drug-likeness (QED) is 0.414. The fourth-order valence-corrected chi connectivity index (χ4v) is 3.84. The number of non-ortho nitro benzene ring substituents is 1. The number of benzene rings is 2. The minimum Gasteiger partial charge on any atom is -0.410 e. The Morgan fingerprint density at radius 2 is 1.76 bits per heavy atom. The lowest BCUT2D eigenvalue weighted by molar-refractivity contribution is -0.384. The van der Waals surface area contributed by atoms with Crippen molar-refractivity contribution < 1.29 is 36.0 Å². The molecule has 0 saturated heterocycles. The molecule has 0 bridgehead atoms. The standard InChI is InChI=1S/C20H14F3N3O6S/c21-20(22,23)13-2-1-3-17(10-13)33(30,31)18-9-4-14(24-12-18)11-25-19(27)32-16-7-5-15(6-8-16)26(28)29/h1-10,12H,11H2,(H,25,27). The number of alkyl halides is 3. The SMILES string of the molecule is O=C(NCc1ccc(S(=O)(=O)c2cccc(C(F)(F)F)c2)cn1)Oc1ccc([N+](=O)[O-])cc1. The summed E-state index contributed by atoms with van der Waals surface area (Å²) in [4.78, 5) is 24.9. The van der Waals surface area contributed by atoms with Crippen molar-refractivity contribution in [3.8, 4) is 5.75 Å². The largest absolute Gasteiger partial charge is 0.416 e. The normalized spacial score (nSPS) is 11.6. The number of hydrogen-bond donors (Lipinski definition) is 1. The Morgan fingerprint density at radius 1 is 1.06 bits per heavy atom. The molecule has 3 rings (SSSR count). The second-order valence-electron chi connectivity index (χ2n) is 6.51. The third-order valence-corrected chi connectivity index (χ3v) is 5.99. The Morgan fingerprint density at radius 3 is 2.33 bits per heavy atom. The third-order valence-electron chi connectivity index (χ3n) is 4.25. The highest BCUT2D eigenvalue weighted by Crippen LogP contribution is 2.31. The van der Waals surface area contributed by atoms with E-state index in [1.54, 1.807) is 0 Å². The van der Waals surface area contributed by atoms with Gasteiger partial charge in [-0.1, -0.05) is 6.07 Å². The first kappa shape index (κ1) is 23.7. The average Bonchev–Trinajstić information content (AvgIpc) is 2.78. The molecule has 1 aromatic heterocycles. The number of nitrogens with zero attached hydrogens (tertiary/aromatic N) is 2. The highest BCUT2D eigenvalue weighted by molar-refractivity contribution is 7.91. The second kappa shape index (κ2) is 9.24. The Bertz CT molecular complexity index is 1280. The van der Waals surface area contributed by atoms with E-state index in [9.17, 15) is 36.5 Å². The molecular weight excluding hydrogens is 467 g/mol. The maximum Gasteiger partial charge on any atom is 0.416 e. The van der Waals surface area contributed by atoms with Crippen LogP contribution in [0.4, 0.5) is 23.7 Å². The number of carbonyl (C=O) groups excluding carboxylic acids is 1. The van der Waals surface area contributed by atoms with Crippen molar-refractivity contribution in [2.45, 2.75) is 22.5 Å². The van der Waals surface area contributed by atoms with Gasteiger partial charge >= 0.3 is 12.3 Å². The number of rotatable bonds is 6. The topological polar surface area (TPSA) is 128 Å². The molecule has 0 unspecified atom stereocenters. The lowest BCUT2D eigenvalue weighted by atomic mass is 10.2. The van der Waals surface area contributed by atoms with Crippen molar-refractivity contribution in [1.82, 2.24) is 10.3 Å². The lowest BCUT2D eigenvalue weighted by Crippen LogP contribution is -2.26. The van der Waals surface area contributed by atoms with Crippen LogP contribution in [0.2, 0.25) is 0 Å². The van der Waals surface area contributed by atoms with Crippen LogP contribution in [0, 0.1) is 10.1 Å². The van der Waals surface area contributed by atoms with E-state index in [2.05, 4.69) is 10.3 Å². The molecule has 13 heteroatoms. The fraction of sp³-hybridized carbons (Fsp3) is 0.100. The maximum absolute atomic E-state index is 12.9. The van der Waals surface area contributed by atoms with Gasteiger partial charge in [-0.05, 0) is 42.5 Å². The molecule has 9 nitrogen and oxygen atoms in total. The number of nitrogens with one attached hydrogen (secondary N) is 1. The van der Waals surface area contributed by atoms with Crippen molar-refractivity contribution in [3.63, 3.8) is 0 Å². The van der Waals surface area contributed by atoms with Gasteiger partial charge in [-0.15, -0.1) is 0 Å². The molecule has 1 amide bonds. The van der Waals surface area contributed by atoms with Crippen molar-refractivity contribution in [2.75, 3.05) is 0 Å². The molecule has 33 heavy (non-hydrogen) atoms. The van der Waals surface area contributed by atoms with E-state index in [4.69, 9.17) is 4.74 Å². The number of sulfone groups is 1.